The molecule has 7 nitrogen and oxygen atoms in total. The number of carbonyl (C=O) groups excluding carboxylic acids is 1. The summed E-state index contributed by atoms with van der Waals surface area (Å²) >= 11 is 0. The number of hydrogen-bond acceptors (Lipinski definition) is 4. The molecule has 1 fully saturated rings. The maximum absolute atomic E-state index is 12.3. The summed E-state index contributed by atoms with van der Waals surface area (Å²) in [6.07, 6.45) is -0.259. The smallest absolute Gasteiger partial charge is 0.279 e. The highest BCUT2D eigenvalue weighted by molar-refractivity contribution is 7.87. The van der Waals surface area contributed by atoms with Crippen LogP contribution in [0.5, 0.6) is 0 Å². The zero-order valence-electron chi connectivity index (χ0n) is 12.7. The van der Waals surface area contributed by atoms with E-state index in [9.17, 15) is 13.2 Å². The summed E-state index contributed by atoms with van der Waals surface area (Å²) < 4.78 is 34.1. The van der Waals surface area contributed by atoms with Crippen LogP contribution in [0.25, 0.3) is 0 Å². The largest absolute Gasteiger partial charge is 0.373 e. The van der Waals surface area contributed by atoms with Crippen molar-refractivity contribution >= 4 is 16.1 Å². The summed E-state index contributed by atoms with van der Waals surface area (Å²) in [4.78, 5) is 11.0. The second-order valence-electron chi connectivity index (χ2n) is 5.46. The lowest BCUT2D eigenvalue weighted by molar-refractivity contribution is -0.0444. The molecule has 0 bridgehead atoms. The highest BCUT2D eigenvalue weighted by atomic mass is 32.2. The highest BCUT2D eigenvalue weighted by Crippen LogP contribution is 2.14. The highest BCUT2D eigenvalue weighted by Gasteiger charge is 2.30. The maximum atomic E-state index is 12.3. The molecule has 1 amide bonds. The van der Waals surface area contributed by atoms with E-state index < -0.39 is 16.1 Å². The van der Waals surface area contributed by atoms with E-state index in [1.165, 1.54) is 4.31 Å². The minimum absolute atomic E-state index is 0.129. The first-order valence-electron chi connectivity index (χ1n) is 7.07. The van der Waals surface area contributed by atoms with Crippen LogP contribution < -0.4 is 10.5 Å². The average molecular weight is 327 g/mol. The van der Waals surface area contributed by atoms with Crippen molar-refractivity contribution in [3.63, 3.8) is 0 Å². The van der Waals surface area contributed by atoms with Gasteiger partial charge < -0.3 is 10.5 Å². The van der Waals surface area contributed by atoms with Crippen LogP contribution in [0.1, 0.15) is 29.8 Å². The summed E-state index contributed by atoms with van der Waals surface area (Å²) in [6, 6.07) is 6.50. The average Bonchev–Trinajstić information content (AvgIpc) is 2.44. The Bertz CT molecular complexity index is 620. The van der Waals surface area contributed by atoms with Gasteiger partial charge in [-0.3, -0.25) is 4.79 Å². The molecular weight excluding hydrogens is 306 g/mol. The van der Waals surface area contributed by atoms with Gasteiger partial charge in [-0.2, -0.15) is 17.4 Å². The van der Waals surface area contributed by atoms with E-state index in [1.54, 1.807) is 24.3 Å². The maximum Gasteiger partial charge on any atom is 0.279 e. The molecule has 2 atom stereocenters. The van der Waals surface area contributed by atoms with E-state index in [2.05, 4.69) is 4.72 Å². The van der Waals surface area contributed by atoms with Crippen LogP contribution >= 0.6 is 0 Å². The monoisotopic (exact) mass is 327 g/mol. The molecule has 1 aliphatic rings. The lowest BCUT2D eigenvalue weighted by Gasteiger charge is -2.34. The summed E-state index contributed by atoms with van der Waals surface area (Å²) in [6.45, 7) is 4.52. The molecule has 22 heavy (non-hydrogen) atoms. The first kappa shape index (κ1) is 16.9. The number of benzene rings is 1. The molecule has 0 saturated carbocycles. The van der Waals surface area contributed by atoms with Gasteiger partial charge in [0.1, 0.15) is 0 Å². The third-order valence-corrected chi connectivity index (χ3v) is 4.91. The fraction of sp³-hybridized carbons (Fsp3) is 0.500. The van der Waals surface area contributed by atoms with Crippen molar-refractivity contribution in [2.24, 2.45) is 5.73 Å². The fourth-order valence-corrected chi connectivity index (χ4v) is 3.72. The van der Waals surface area contributed by atoms with Crippen molar-refractivity contribution in [3.8, 4) is 0 Å². The predicted octanol–water partition coefficient (Wildman–Crippen LogP) is 0.229. The Hall–Kier alpha value is -1.48. The normalized spacial score (nSPS) is 23.4. The van der Waals surface area contributed by atoms with Crippen LogP contribution in [-0.2, 0) is 21.5 Å². The lowest BCUT2D eigenvalue weighted by atomic mass is 10.1. The van der Waals surface area contributed by atoms with Gasteiger partial charge in [0.05, 0.1) is 12.2 Å². The minimum Gasteiger partial charge on any atom is -0.373 e. The Kier molecular flexibility index (Phi) is 5.17. The fourth-order valence-electron chi connectivity index (χ4n) is 2.38. The summed E-state index contributed by atoms with van der Waals surface area (Å²) in [5.41, 5.74) is 6.31. The van der Waals surface area contributed by atoms with Crippen molar-refractivity contribution in [1.82, 2.24) is 9.03 Å². The van der Waals surface area contributed by atoms with Crippen LogP contribution in [0.2, 0.25) is 0 Å². The zero-order chi connectivity index (χ0) is 16.3. The molecule has 0 radical (unpaired) electrons. The Balaban J connectivity index is 1.98. The molecule has 3 N–H and O–H groups in total. The Labute approximate surface area is 130 Å². The zero-order valence-corrected chi connectivity index (χ0v) is 13.5. The first-order chi connectivity index (χ1) is 10.3. The summed E-state index contributed by atoms with van der Waals surface area (Å²) in [7, 11) is -3.56. The molecule has 0 unspecified atom stereocenters. The summed E-state index contributed by atoms with van der Waals surface area (Å²) in [5, 5.41) is 0. The summed E-state index contributed by atoms with van der Waals surface area (Å²) in [5.74, 6) is -0.511. The minimum atomic E-state index is -3.56. The number of amides is 1. The molecule has 1 aromatic carbocycles. The molecule has 1 aliphatic heterocycles. The van der Waals surface area contributed by atoms with Gasteiger partial charge in [0.2, 0.25) is 5.91 Å². The van der Waals surface area contributed by atoms with Crippen LogP contribution in [0.3, 0.4) is 0 Å². The molecule has 1 saturated heterocycles. The van der Waals surface area contributed by atoms with Crippen molar-refractivity contribution in [2.45, 2.75) is 32.6 Å². The van der Waals surface area contributed by atoms with E-state index in [0.717, 1.165) is 5.56 Å². The molecule has 8 heteroatoms. The number of primary amides is 1. The Morgan fingerprint density at radius 1 is 1.27 bits per heavy atom. The van der Waals surface area contributed by atoms with E-state index in [0.29, 0.717) is 18.7 Å². The van der Waals surface area contributed by atoms with Crippen molar-refractivity contribution in [2.75, 3.05) is 13.1 Å². The number of nitrogens with two attached hydrogens (primary N) is 1. The van der Waals surface area contributed by atoms with Crippen LogP contribution in [-0.4, -0.2) is 43.9 Å². The van der Waals surface area contributed by atoms with E-state index >= 15 is 0 Å². The topological polar surface area (TPSA) is 102 Å². The van der Waals surface area contributed by atoms with Crippen molar-refractivity contribution in [1.29, 1.82) is 0 Å². The van der Waals surface area contributed by atoms with Gasteiger partial charge in [0.25, 0.3) is 10.2 Å². The molecule has 0 spiro atoms. The number of nitrogens with zero attached hydrogens (tertiary/aromatic N) is 1. The number of ether oxygens (including phenoxy) is 1. The van der Waals surface area contributed by atoms with Gasteiger partial charge in [-0.1, -0.05) is 12.1 Å². The molecule has 0 aliphatic carbocycles. The van der Waals surface area contributed by atoms with Crippen LogP contribution in [0.15, 0.2) is 24.3 Å². The quantitative estimate of drug-likeness (QED) is 0.808. The van der Waals surface area contributed by atoms with Crippen LogP contribution in [0, 0.1) is 0 Å². The number of rotatable bonds is 5. The Morgan fingerprint density at radius 3 is 2.32 bits per heavy atom. The van der Waals surface area contributed by atoms with Crippen molar-refractivity contribution in [3.05, 3.63) is 35.4 Å². The third-order valence-electron chi connectivity index (χ3n) is 3.42. The first-order valence-corrected chi connectivity index (χ1v) is 8.51. The van der Waals surface area contributed by atoms with Gasteiger partial charge >= 0.3 is 0 Å². The number of morpholine rings is 1. The van der Waals surface area contributed by atoms with Gasteiger partial charge in [-0.15, -0.1) is 0 Å². The van der Waals surface area contributed by atoms with E-state index in [1.807, 2.05) is 13.8 Å². The van der Waals surface area contributed by atoms with Gasteiger partial charge in [-0.25, -0.2) is 0 Å². The van der Waals surface area contributed by atoms with Gasteiger partial charge in [0, 0.05) is 25.2 Å². The molecular formula is C14H21N3O4S. The number of nitrogens with one attached hydrogen (secondary N) is 1. The molecule has 122 valence electrons. The Morgan fingerprint density at radius 2 is 1.82 bits per heavy atom. The van der Waals surface area contributed by atoms with E-state index in [4.69, 9.17) is 10.5 Å². The van der Waals surface area contributed by atoms with Crippen LogP contribution in [0.4, 0.5) is 0 Å². The molecule has 2 rings (SSSR count). The van der Waals surface area contributed by atoms with Gasteiger partial charge in [0.15, 0.2) is 0 Å². The van der Waals surface area contributed by atoms with Gasteiger partial charge in [-0.05, 0) is 31.5 Å². The van der Waals surface area contributed by atoms with E-state index in [-0.39, 0.29) is 18.8 Å². The third kappa shape index (κ3) is 4.26. The number of carbonyl (C=O) groups is 1. The van der Waals surface area contributed by atoms with Crippen molar-refractivity contribution < 1.29 is 17.9 Å². The second-order valence-corrected chi connectivity index (χ2v) is 7.22. The molecule has 1 aromatic rings. The number of hydrogen-bond donors (Lipinski definition) is 2. The lowest BCUT2D eigenvalue weighted by Crippen LogP contribution is -2.51. The predicted molar refractivity (Wildman–Crippen MR) is 82.3 cm³/mol. The molecule has 1 heterocycles. The molecule has 0 aromatic heterocycles. The SMILES string of the molecule is C[C@@H]1CN(S(=O)(=O)NCc2ccc(C(N)=O)cc2)C[C@H](C)O1. The second kappa shape index (κ2) is 6.74. The standard InChI is InChI=1S/C14H21N3O4S/c1-10-8-17(9-11(2)21-10)22(19,20)16-7-12-3-5-13(6-4-12)14(15)18/h3-6,10-11,16H,7-9H2,1-2H3,(H2,15,18)/t10-,11+.